The second kappa shape index (κ2) is 4.77. The van der Waals surface area contributed by atoms with Gasteiger partial charge < -0.3 is 5.11 Å². The molecule has 15 heavy (non-hydrogen) atoms. The Kier molecular flexibility index (Phi) is 3.65. The van der Waals surface area contributed by atoms with Crippen LogP contribution in [0, 0.1) is 25.7 Å². The summed E-state index contributed by atoms with van der Waals surface area (Å²) >= 11 is 0. The summed E-state index contributed by atoms with van der Waals surface area (Å²) in [4.78, 5) is 11.4. The SMILES string of the molecule is CC(=O)c1c(C)ccc(C#CCO)c1C. The third kappa shape index (κ3) is 2.45. The van der Waals surface area contributed by atoms with Gasteiger partial charge in [-0.2, -0.15) is 0 Å². The van der Waals surface area contributed by atoms with E-state index in [0.717, 1.165) is 22.3 Å². The van der Waals surface area contributed by atoms with Crippen molar-refractivity contribution in [2.75, 3.05) is 6.61 Å². The molecule has 1 aromatic rings. The first-order chi connectivity index (χ1) is 7.07. The van der Waals surface area contributed by atoms with Gasteiger partial charge in [0.05, 0.1) is 0 Å². The van der Waals surface area contributed by atoms with Gasteiger partial charge in [-0.1, -0.05) is 17.9 Å². The Hall–Kier alpha value is -1.59. The van der Waals surface area contributed by atoms with Crippen LogP contribution in [-0.4, -0.2) is 17.5 Å². The number of hydrogen-bond donors (Lipinski definition) is 1. The lowest BCUT2D eigenvalue weighted by molar-refractivity contribution is 0.101. The van der Waals surface area contributed by atoms with E-state index in [2.05, 4.69) is 11.8 Å². The van der Waals surface area contributed by atoms with Crippen molar-refractivity contribution in [2.45, 2.75) is 20.8 Å². The van der Waals surface area contributed by atoms with Crippen LogP contribution in [0.4, 0.5) is 0 Å². The molecule has 1 N–H and O–H groups in total. The summed E-state index contributed by atoms with van der Waals surface area (Å²) in [7, 11) is 0. The monoisotopic (exact) mass is 202 g/mol. The fourth-order valence-electron chi connectivity index (χ4n) is 1.66. The lowest BCUT2D eigenvalue weighted by Crippen LogP contribution is -2.01. The van der Waals surface area contributed by atoms with Gasteiger partial charge in [0.2, 0.25) is 0 Å². The number of ketones is 1. The quantitative estimate of drug-likeness (QED) is 0.557. The van der Waals surface area contributed by atoms with Gasteiger partial charge in [0.25, 0.3) is 0 Å². The molecule has 2 heteroatoms. The number of Topliss-reactive ketones (excluding diaryl/α,β-unsaturated/α-hetero) is 1. The third-order valence-corrected chi connectivity index (χ3v) is 2.33. The predicted molar refractivity (Wildman–Crippen MR) is 59.9 cm³/mol. The highest BCUT2D eigenvalue weighted by Crippen LogP contribution is 2.18. The molecule has 0 saturated heterocycles. The second-order valence-electron chi connectivity index (χ2n) is 3.45. The maximum Gasteiger partial charge on any atom is 0.160 e. The van der Waals surface area contributed by atoms with E-state index in [1.54, 1.807) is 6.92 Å². The molecular formula is C13H14O2. The van der Waals surface area contributed by atoms with Gasteiger partial charge in [-0.05, 0) is 38.0 Å². The first-order valence-corrected chi connectivity index (χ1v) is 4.78. The van der Waals surface area contributed by atoms with E-state index >= 15 is 0 Å². The molecule has 0 aliphatic heterocycles. The van der Waals surface area contributed by atoms with Crippen LogP contribution in [0.5, 0.6) is 0 Å². The molecule has 0 aromatic heterocycles. The van der Waals surface area contributed by atoms with Crippen LogP contribution in [0.15, 0.2) is 12.1 Å². The first kappa shape index (κ1) is 11.5. The number of aryl methyl sites for hydroxylation is 1. The molecule has 1 aromatic carbocycles. The standard InChI is InChI=1S/C13H14O2/c1-9-6-7-12(5-4-8-14)10(2)13(9)11(3)15/h6-7,14H,8H2,1-3H3. The zero-order chi connectivity index (χ0) is 11.4. The van der Waals surface area contributed by atoms with Crippen LogP contribution < -0.4 is 0 Å². The van der Waals surface area contributed by atoms with Crippen molar-refractivity contribution in [2.24, 2.45) is 0 Å². The number of aliphatic hydroxyl groups excluding tert-OH is 1. The van der Waals surface area contributed by atoms with E-state index in [-0.39, 0.29) is 12.4 Å². The summed E-state index contributed by atoms with van der Waals surface area (Å²) in [5, 5.41) is 8.61. The van der Waals surface area contributed by atoms with Crippen LogP contribution in [-0.2, 0) is 0 Å². The average molecular weight is 202 g/mol. The molecule has 0 saturated carbocycles. The zero-order valence-corrected chi connectivity index (χ0v) is 9.22. The van der Waals surface area contributed by atoms with Crippen molar-refractivity contribution < 1.29 is 9.90 Å². The molecule has 1 rings (SSSR count). The predicted octanol–water partition coefficient (Wildman–Crippen LogP) is 1.85. The highest BCUT2D eigenvalue weighted by atomic mass is 16.2. The number of benzene rings is 1. The van der Waals surface area contributed by atoms with Crippen LogP contribution in [0.2, 0.25) is 0 Å². The lowest BCUT2D eigenvalue weighted by Gasteiger charge is -2.07. The molecule has 0 radical (unpaired) electrons. The Balaban J connectivity index is 3.35. The van der Waals surface area contributed by atoms with Gasteiger partial charge >= 0.3 is 0 Å². The molecule has 0 fully saturated rings. The minimum absolute atomic E-state index is 0.0534. The van der Waals surface area contributed by atoms with Crippen molar-refractivity contribution in [3.05, 3.63) is 34.4 Å². The Morgan fingerprint density at radius 1 is 1.40 bits per heavy atom. The minimum atomic E-state index is -0.164. The fraction of sp³-hybridized carbons (Fsp3) is 0.308. The Morgan fingerprint density at radius 3 is 2.60 bits per heavy atom. The fourth-order valence-corrected chi connectivity index (χ4v) is 1.66. The highest BCUT2D eigenvalue weighted by molar-refractivity contribution is 5.97. The van der Waals surface area contributed by atoms with Gasteiger partial charge in [0.1, 0.15) is 6.61 Å². The maximum absolute atomic E-state index is 11.4. The van der Waals surface area contributed by atoms with E-state index < -0.39 is 0 Å². The molecule has 0 aliphatic carbocycles. The Labute approximate surface area is 89.9 Å². The summed E-state index contributed by atoms with van der Waals surface area (Å²) in [6.45, 7) is 5.18. The molecule has 0 atom stereocenters. The molecular weight excluding hydrogens is 188 g/mol. The summed E-state index contributed by atoms with van der Waals surface area (Å²) in [5.41, 5.74) is 3.40. The van der Waals surface area contributed by atoms with Crippen molar-refractivity contribution in [3.63, 3.8) is 0 Å². The summed E-state index contributed by atoms with van der Waals surface area (Å²) in [6.07, 6.45) is 0. The second-order valence-corrected chi connectivity index (χ2v) is 3.45. The van der Waals surface area contributed by atoms with Crippen molar-refractivity contribution in [3.8, 4) is 11.8 Å². The molecule has 0 bridgehead atoms. The Morgan fingerprint density at radius 2 is 2.07 bits per heavy atom. The molecule has 2 nitrogen and oxygen atoms in total. The van der Waals surface area contributed by atoms with Crippen LogP contribution >= 0.6 is 0 Å². The van der Waals surface area contributed by atoms with E-state index in [1.165, 1.54) is 0 Å². The largest absolute Gasteiger partial charge is 0.384 e. The smallest absolute Gasteiger partial charge is 0.160 e. The van der Waals surface area contributed by atoms with E-state index in [9.17, 15) is 4.79 Å². The molecule has 78 valence electrons. The van der Waals surface area contributed by atoms with E-state index in [1.807, 2.05) is 26.0 Å². The highest BCUT2D eigenvalue weighted by Gasteiger charge is 2.09. The van der Waals surface area contributed by atoms with Crippen LogP contribution in [0.25, 0.3) is 0 Å². The normalized spacial score (nSPS) is 9.33. The molecule has 0 heterocycles. The molecule has 0 unspecified atom stereocenters. The first-order valence-electron chi connectivity index (χ1n) is 4.78. The molecule has 0 spiro atoms. The number of carbonyl (C=O) groups is 1. The Bertz CT molecular complexity index is 448. The molecule has 0 aliphatic rings. The van der Waals surface area contributed by atoms with Crippen molar-refractivity contribution in [1.29, 1.82) is 0 Å². The lowest BCUT2D eigenvalue weighted by atomic mass is 9.95. The van der Waals surface area contributed by atoms with Crippen molar-refractivity contribution in [1.82, 2.24) is 0 Å². The number of carbonyl (C=O) groups excluding carboxylic acids is 1. The summed E-state index contributed by atoms with van der Waals surface area (Å²) in [6, 6.07) is 3.75. The van der Waals surface area contributed by atoms with Crippen LogP contribution in [0.3, 0.4) is 0 Å². The summed E-state index contributed by atoms with van der Waals surface area (Å²) in [5.74, 6) is 5.47. The van der Waals surface area contributed by atoms with Gasteiger partial charge in [-0.15, -0.1) is 0 Å². The van der Waals surface area contributed by atoms with E-state index in [0.29, 0.717) is 0 Å². The van der Waals surface area contributed by atoms with Gasteiger partial charge in [0.15, 0.2) is 5.78 Å². The van der Waals surface area contributed by atoms with Gasteiger partial charge in [-0.25, -0.2) is 0 Å². The average Bonchev–Trinajstić information content (AvgIpc) is 2.16. The minimum Gasteiger partial charge on any atom is -0.384 e. The van der Waals surface area contributed by atoms with Crippen LogP contribution in [0.1, 0.15) is 34.0 Å². The zero-order valence-electron chi connectivity index (χ0n) is 9.22. The number of rotatable bonds is 1. The topological polar surface area (TPSA) is 37.3 Å². The molecule has 0 amide bonds. The van der Waals surface area contributed by atoms with Gasteiger partial charge in [-0.3, -0.25) is 4.79 Å². The van der Waals surface area contributed by atoms with Gasteiger partial charge in [0, 0.05) is 11.1 Å². The maximum atomic E-state index is 11.4. The number of aliphatic hydroxyl groups is 1. The summed E-state index contributed by atoms with van der Waals surface area (Å²) < 4.78 is 0. The van der Waals surface area contributed by atoms with Crippen molar-refractivity contribution >= 4 is 5.78 Å². The van der Waals surface area contributed by atoms with E-state index in [4.69, 9.17) is 5.11 Å². The third-order valence-electron chi connectivity index (χ3n) is 2.33. The number of hydrogen-bond acceptors (Lipinski definition) is 2.